The molecule has 6 N–H and O–H groups in total. The molecule has 4 bridgehead atoms. The molecule has 0 aliphatic carbocycles. The number of ketones is 2. The van der Waals surface area contributed by atoms with Crippen molar-refractivity contribution in [2.45, 2.75) is 167 Å². The number of ether oxygens (including phenoxy) is 5. The van der Waals surface area contributed by atoms with Gasteiger partial charge in [-0.15, -0.1) is 0 Å². The van der Waals surface area contributed by atoms with E-state index in [1.807, 2.05) is 26.8 Å². The van der Waals surface area contributed by atoms with Crippen LogP contribution in [-0.4, -0.2) is 139 Å². The standard InChI is InChI=1S/C60H80BrClN6O15/c1-33(2)41(29-40(69)16-11-10-12-22-68-51(72)24-35(4)56(68)75)55(74)66-43(17-14-21-64-57(63)76)45(70)27-38-19-20-39(28-42(38)61)65-58(77)82-49-30-50(71)67(7)44-25-37(26-46(79-8)53(44)62)23-34(3)15-13-18-48(80-9)60(78)31-47(81-52(73)32-60)36(5)54-59(49,6)83-54/h13,15,18-20,25-26,28,33,35-36,41,43,47-49,54,78H,10-12,14,16-17,21-24,27,29-32H2,1-9H3,(H,65,77)(H,66,74)(H3,63,64,76)/b18-13+,34-15+/t35?,36-,41+,43+,47+,48-,49+,54+,59+,60-/m1/s1. The van der Waals surface area contributed by atoms with E-state index < -0.39 is 83.4 Å². The Morgan fingerprint density at radius 3 is 2.39 bits per heavy atom. The number of unbranched alkanes of at least 4 members (excludes halogenated alkanes) is 2. The molecule has 0 radical (unpaired) electrons. The summed E-state index contributed by atoms with van der Waals surface area (Å²) in [6.07, 6.45) is 2.68. The number of epoxide rings is 1. The van der Waals surface area contributed by atoms with Crippen LogP contribution in [0.1, 0.15) is 123 Å². The molecule has 0 saturated carbocycles. The molecule has 3 saturated heterocycles. The summed E-state index contributed by atoms with van der Waals surface area (Å²) in [5.41, 5.74) is 5.10. The Kier molecular flexibility index (Phi) is 23.1. The summed E-state index contributed by atoms with van der Waals surface area (Å²) < 4.78 is 30.1. The van der Waals surface area contributed by atoms with Crippen LogP contribution in [0.25, 0.3) is 0 Å². The minimum Gasteiger partial charge on any atom is -0.495 e. The molecule has 83 heavy (non-hydrogen) atoms. The zero-order chi connectivity index (χ0) is 61.1. The van der Waals surface area contributed by atoms with Gasteiger partial charge in [-0.2, -0.15) is 0 Å². The number of halogens is 2. The van der Waals surface area contributed by atoms with Gasteiger partial charge >= 0.3 is 18.1 Å². The van der Waals surface area contributed by atoms with Gasteiger partial charge < -0.3 is 50.1 Å². The maximum atomic E-state index is 14.4. The molecule has 1 unspecified atom stereocenters. The lowest BCUT2D eigenvalue weighted by Crippen LogP contribution is -2.53. The molecule has 3 fully saturated rings. The Bertz CT molecular complexity index is 2850. The summed E-state index contributed by atoms with van der Waals surface area (Å²) >= 11 is 10.4. The van der Waals surface area contributed by atoms with Gasteiger partial charge in [-0.05, 0) is 87.3 Å². The van der Waals surface area contributed by atoms with Gasteiger partial charge in [-0.1, -0.05) is 91.5 Å². The van der Waals surface area contributed by atoms with E-state index in [9.17, 15) is 48.3 Å². The number of imide groups is 1. The highest BCUT2D eigenvalue weighted by molar-refractivity contribution is 9.10. The van der Waals surface area contributed by atoms with Gasteiger partial charge in [0.25, 0.3) is 0 Å². The summed E-state index contributed by atoms with van der Waals surface area (Å²) in [4.78, 5) is 121. The number of esters is 1. The number of anilines is 2. The summed E-state index contributed by atoms with van der Waals surface area (Å²) in [5.74, 6) is -4.02. The van der Waals surface area contributed by atoms with Gasteiger partial charge in [-0.3, -0.25) is 43.8 Å². The van der Waals surface area contributed by atoms with Crippen molar-refractivity contribution in [3.05, 3.63) is 74.8 Å². The SMILES string of the molecule is COc1cc2cc(c1Cl)N(C)C(=O)C[C@H](OC(=O)Nc1ccc(CC(=O)[C@H](CCCNC(N)=O)NC(=O)[C@@H](CC(=O)CCCCCN3C(=O)CC(C)C3=O)C(C)C)c(Br)c1)[C@]1(C)O[C@H]1[C@H](C)[C@@H]1C[C@@](O)(CC(=O)O1)[C@H](OC)/C=C/C=C(\C)C2. The number of fused-ring (bicyclic) bond motifs is 5. The van der Waals surface area contributed by atoms with E-state index in [1.54, 1.807) is 70.3 Å². The number of hydrogen-bond acceptors (Lipinski definition) is 15. The number of hydrogen-bond donors (Lipinski definition) is 5. The molecule has 0 aromatic heterocycles. The molecule has 6 rings (SSSR count). The fourth-order valence-corrected chi connectivity index (χ4v) is 12.0. The van der Waals surface area contributed by atoms with Gasteiger partial charge in [0.15, 0.2) is 5.78 Å². The van der Waals surface area contributed by atoms with Crippen LogP contribution in [0.3, 0.4) is 0 Å². The van der Waals surface area contributed by atoms with Gasteiger partial charge in [0.1, 0.15) is 46.1 Å². The van der Waals surface area contributed by atoms with Crippen molar-refractivity contribution in [3.8, 4) is 5.75 Å². The number of nitrogens with zero attached hydrogens (tertiary/aromatic N) is 2. The second kappa shape index (κ2) is 29.1. The van der Waals surface area contributed by atoms with E-state index in [0.717, 1.165) is 11.1 Å². The predicted molar refractivity (Wildman–Crippen MR) is 312 cm³/mol. The molecule has 4 heterocycles. The molecule has 10 atom stereocenters. The quantitative estimate of drug-likeness (QED) is 0.0328. The first-order valence-electron chi connectivity index (χ1n) is 28.3. The van der Waals surface area contributed by atoms with E-state index in [1.165, 1.54) is 24.0 Å². The third-order valence-electron chi connectivity index (χ3n) is 16.2. The van der Waals surface area contributed by atoms with Gasteiger partial charge in [0.2, 0.25) is 23.6 Å². The summed E-state index contributed by atoms with van der Waals surface area (Å²) in [6, 6.07) is 6.51. The second-order valence-electron chi connectivity index (χ2n) is 23.0. The van der Waals surface area contributed by atoms with Crippen molar-refractivity contribution >= 4 is 92.2 Å². The Morgan fingerprint density at radius 1 is 1.00 bits per heavy atom. The number of allylic oxidation sites excluding steroid dienone is 3. The molecule has 4 aliphatic rings. The molecule has 2 aromatic carbocycles. The average Bonchev–Trinajstić information content (AvgIpc) is 4.10. The number of primary amides is 1. The van der Waals surface area contributed by atoms with E-state index >= 15 is 0 Å². The number of carbonyl (C=O) groups excluding carboxylic acids is 9. The Hall–Kier alpha value is -6.20. The normalized spacial score (nSPS) is 26.4. The van der Waals surface area contributed by atoms with Crippen LogP contribution < -0.4 is 31.3 Å². The number of benzene rings is 2. The van der Waals surface area contributed by atoms with Crippen LogP contribution in [0.2, 0.25) is 5.02 Å². The Balaban J connectivity index is 1.16. The Morgan fingerprint density at radius 2 is 1.73 bits per heavy atom. The number of likely N-dealkylation sites (tertiary alicyclic amines) is 1. The lowest BCUT2D eigenvalue weighted by molar-refractivity contribution is -0.187. The fourth-order valence-electron chi connectivity index (χ4n) is 11.2. The van der Waals surface area contributed by atoms with Crippen molar-refractivity contribution in [2.75, 3.05) is 44.6 Å². The van der Waals surface area contributed by atoms with Crippen molar-refractivity contribution in [2.24, 2.45) is 29.4 Å². The van der Waals surface area contributed by atoms with Crippen LogP contribution in [0.5, 0.6) is 5.75 Å². The third-order valence-corrected chi connectivity index (χ3v) is 17.3. The topological polar surface area (TPSA) is 292 Å². The van der Waals surface area contributed by atoms with Crippen molar-refractivity contribution in [1.29, 1.82) is 0 Å². The number of rotatable bonds is 22. The summed E-state index contributed by atoms with van der Waals surface area (Å²) in [5, 5.41) is 20.3. The van der Waals surface area contributed by atoms with E-state index in [4.69, 9.17) is 41.0 Å². The largest absolute Gasteiger partial charge is 0.495 e. The maximum Gasteiger partial charge on any atom is 0.412 e. The second-order valence-corrected chi connectivity index (χ2v) is 24.2. The van der Waals surface area contributed by atoms with Crippen molar-refractivity contribution in [3.63, 3.8) is 0 Å². The fraction of sp³-hybridized carbons (Fsp3) is 0.583. The summed E-state index contributed by atoms with van der Waals surface area (Å²) in [7, 11) is 4.47. The first-order chi connectivity index (χ1) is 39.2. The van der Waals surface area contributed by atoms with Gasteiger partial charge in [-0.25, -0.2) is 9.59 Å². The highest BCUT2D eigenvalue weighted by atomic mass is 79.9. The van der Waals surface area contributed by atoms with E-state index in [-0.39, 0.29) is 110 Å². The van der Waals surface area contributed by atoms with Gasteiger partial charge in [0, 0.05) is 87.3 Å². The zero-order valence-corrected chi connectivity index (χ0v) is 51.2. The Labute approximate surface area is 498 Å². The van der Waals surface area contributed by atoms with Crippen LogP contribution in [0, 0.1) is 23.7 Å². The van der Waals surface area contributed by atoms with Crippen LogP contribution in [0.4, 0.5) is 21.0 Å². The molecule has 454 valence electrons. The molecule has 4 aliphatic heterocycles. The molecular formula is C60H80BrClN6O15. The molecule has 21 nitrogen and oxygen atoms in total. The molecule has 0 spiro atoms. The minimum atomic E-state index is -1.65. The van der Waals surface area contributed by atoms with E-state index in [0.29, 0.717) is 53.7 Å². The lowest BCUT2D eigenvalue weighted by atomic mass is 9.78. The number of methoxy groups -OCH3 is 2. The number of nitrogens with two attached hydrogens (primary N) is 1. The first kappa shape index (κ1) is 65.9. The van der Waals surface area contributed by atoms with E-state index in [2.05, 4.69) is 31.9 Å². The molecule has 2 aromatic rings. The number of urea groups is 1. The van der Waals surface area contributed by atoms with Crippen LogP contribution in [-0.2, 0) is 65.4 Å². The highest BCUT2D eigenvalue weighted by Crippen LogP contribution is 2.50. The first-order valence-corrected chi connectivity index (χ1v) is 29.4. The number of aliphatic hydroxyl groups is 1. The van der Waals surface area contributed by atoms with Crippen molar-refractivity contribution in [1.82, 2.24) is 15.5 Å². The number of nitrogens with one attached hydrogen (secondary N) is 3. The molecular weight excluding hydrogens is 1160 g/mol. The highest BCUT2D eigenvalue weighted by Gasteiger charge is 2.64. The number of amides is 7. The maximum absolute atomic E-state index is 14.4. The minimum absolute atomic E-state index is 0.000499. The average molecular weight is 1240 g/mol. The zero-order valence-electron chi connectivity index (χ0n) is 48.8. The lowest BCUT2D eigenvalue weighted by Gasteiger charge is -2.41. The molecule has 23 heteroatoms. The van der Waals surface area contributed by atoms with Crippen LogP contribution >= 0.6 is 27.5 Å². The smallest absolute Gasteiger partial charge is 0.412 e. The number of carbonyl (C=O) groups is 9. The monoisotopic (exact) mass is 1240 g/mol. The molecule has 7 amide bonds. The predicted octanol–water partition coefficient (Wildman–Crippen LogP) is 7.62. The number of Topliss-reactive ketones (excluding diaryl/α,β-unsaturated/α-hetero) is 2. The van der Waals surface area contributed by atoms with Gasteiger partial charge in [0.05, 0.1) is 37.8 Å². The summed E-state index contributed by atoms with van der Waals surface area (Å²) in [6.45, 7) is 11.2. The third kappa shape index (κ3) is 17.2. The van der Waals surface area contributed by atoms with Crippen molar-refractivity contribution < 1.29 is 71.9 Å². The van der Waals surface area contributed by atoms with Crippen LogP contribution in [0.15, 0.2) is 58.6 Å².